The molecule has 0 heterocycles. The van der Waals surface area contributed by atoms with Crippen molar-refractivity contribution in [3.05, 3.63) is 0 Å². The molecule has 3 saturated carbocycles. The number of hydrogen-bond acceptors (Lipinski definition) is 0. The van der Waals surface area contributed by atoms with Crippen molar-refractivity contribution < 1.29 is 0 Å². The standard InChI is InChI=1S/C19H34/c1-5-14-7-9-16-15(13-14)8-10-17-18(2,3)11-6-12-19(16,17)4/h14-17H,5-13H2,1-4H3. The van der Waals surface area contributed by atoms with Crippen LogP contribution in [-0.4, -0.2) is 0 Å². The Balaban J connectivity index is 1.83. The molecule has 0 nitrogen and oxygen atoms in total. The van der Waals surface area contributed by atoms with E-state index in [0.29, 0.717) is 10.8 Å². The highest BCUT2D eigenvalue weighted by molar-refractivity contribution is 5.04. The maximum absolute atomic E-state index is 2.68. The van der Waals surface area contributed by atoms with Crippen molar-refractivity contribution in [3.8, 4) is 0 Å². The lowest BCUT2D eigenvalue weighted by Crippen LogP contribution is -2.52. The Morgan fingerprint density at radius 1 is 0.947 bits per heavy atom. The monoisotopic (exact) mass is 262 g/mol. The van der Waals surface area contributed by atoms with E-state index in [1.54, 1.807) is 19.3 Å². The molecule has 19 heavy (non-hydrogen) atoms. The fourth-order valence-electron chi connectivity index (χ4n) is 6.63. The molecular formula is C19H34. The molecule has 0 heteroatoms. The minimum atomic E-state index is 0.611. The quantitative estimate of drug-likeness (QED) is 0.539. The lowest BCUT2D eigenvalue weighted by atomic mass is 9.44. The van der Waals surface area contributed by atoms with Crippen LogP contribution in [0, 0.1) is 34.5 Å². The molecule has 0 spiro atoms. The third-order valence-electron chi connectivity index (χ3n) is 7.62. The Hall–Kier alpha value is 0. The topological polar surface area (TPSA) is 0 Å². The molecule has 3 fully saturated rings. The van der Waals surface area contributed by atoms with Crippen LogP contribution in [0.5, 0.6) is 0 Å². The molecule has 0 bridgehead atoms. The smallest absolute Gasteiger partial charge is 0.0261 e. The molecule has 5 unspecified atom stereocenters. The van der Waals surface area contributed by atoms with E-state index in [0.717, 1.165) is 23.7 Å². The van der Waals surface area contributed by atoms with E-state index in [9.17, 15) is 0 Å². The van der Waals surface area contributed by atoms with Gasteiger partial charge in [0.25, 0.3) is 0 Å². The molecule has 0 aliphatic heterocycles. The summed E-state index contributed by atoms with van der Waals surface area (Å²) in [6.45, 7) is 10.2. The second-order valence-electron chi connectivity index (χ2n) is 8.93. The first-order chi connectivity index (χ1) is 8.97. The summed E-state index contributed by atoms with van der Waals surface area (Å²) in [6, 6.07) is 0. The third-order valence-corrected chi connectivity index (χ3v) is 7.62. The normalized spacial score (nSPS) is 49.3. The van der Waals surface area contributed by atoms with E-state index < -0.39 is 0 Å². The molecule has 110 valence electrons. The van der Waals surface area contributed by atoms with Crippen molar-refractivity contribution in [2.24, 2.45) is 34.5 Å². The Bertz CT molecular complexity index is 329. The van der Waals surface area contributed by atoms with Gasteiger partial charge in [-0.3, -0.25) is 0 Å². The van der Waals surface area contributed by atoms with Crippen LogP contribution in [-0.2, 0) is 0 Å². The molecule has 5 atom stereocenters. The molecule has 0 radical (unpaired) electrons. The van der Waals surface area contributed by atoms with Gasteiger partial charge in [0, 0.05) is 0 Å². The van der Waals surface area contributed by atoms with Crippen molar-refractivity contribution in [2.45, 2.75) is 85.5 Å². The lowest BCUT2D eigenvalue weighted by molar-refractivity contribution is -0.114. The fraction of sp³-hybridized carbons (Fsp3) is 1.00. The van der Waals surface area contributed by atoms with Crippen LogP contribution in [0.3, 0.4) is 0 Å². The summed E-state index contributed by atoms with van der Waals surface area (Å²) >= 11 is 0. The van der Waals surface area contributed by atoms with Crippen LogP contribution in [0.1, 0.15) is 85.5 Å². The number of fused-ring (bicyclic) bond motifs is 3. The van der Waals surface area contributed by atoms with E-state index in [1.165, 1.54) is 38.5 Å². The minimum Gasteiger partial charge on any atom is -0.0651 e. The predicted molar refractivity (Wildman–Crippen MR) is 83.1 cm³/mol. The van der Waals surface area contributed by atoms with Gasteiger partial charge in [0.1, 0.15) is 0 Å². The second-order valence-corrected chi connectivity index (χ2v) is 8.93. The highest BCUT2D eigenvalue weighted by Crippen LogP contribution is 2.64. The zero-order valence-electron chi connectivity index (χ0n) is 13.7. The van der Waals surface area contributed by atoms with Gasteiger partial charge < -0.3 is 0 Å². The van der Waals surface area contributed by atoms with Gasteiger partial charge in [-0.15, -0.1) is 0 Å². The van der Waals surface area contributed by atoms with Crippen molar-refractivity contribution >= 4 is 0 Å². The molecule has 0 aromatic rings. The average Bonchev–Trinajstić information content (AvgIpc) is 2.37. The minimum absolute atomic E-state index is 0.611. The van der Waals surface area contributed by atoms with Gasteiger partial charge in [0.05, 0.1) is 0 Å². The molecule has 3 aliphatic rings. The second kappa shape index (κ2) is 4.78. The van der Waals surface area contributed by atoms with Crippen LogP contribution in [0.4, 0.5) is 0 Å². The summed E-state index contributed by atoms with van der Waals surface area (Å²) in [6.07, 6.45) is 13.6. The Labute approximate surface area is 120 Å². The molecule has 0 saturated heterocycles. The predicted octanol–water partition coefficient (Wildman–Crippen LogP) is 6.06. The molecule has 0 aromatic carbocycles. The fourth-order valence-corrected chi connectivity index (χ4v) is 6.63. The molecule has 0 aromatic heterocycles. The van der Waals surface area contributed by atoms with Crippen LogP contribution < -0.4 is 0 Å². The zero-order chi connectivity index (χ0) is 13.7. The summed E-state index contributed by atoms with van der Waals surface area (Å²) in [5.74, 6) is 4.20. The first-order valence-corrected chi connectivity index (χ1v) is 8.97. The summed E-state index contributed by atoms with van der Waals surface area (Å²) < 4.78 is 0. The SMILES string of the molecule is CCC1CCC2C(CCC3C(C)(C)CCCC23C)C1. The van der Waals surface area contributed by atoms with Gasteiger partial charge >= 0.3 is 0 Å². The van der Waals surface area contributed by atoms with Crippen molar-refractivity contribution in [1.82, 2.24) is 0 Å². The Morgan fingerprint density at radius 2 is 1.74 bits per heavy atom. The summed E-state index contributed by atoms with van der Waals surface area (Å²) in [7, 11) is 0. The van der Waals surface area contributed by atoms with Gasteiger partial charge in [-0.25, -0.2) is 0 Å². The van der Waals surface area contributed by atoms with Crippen LogP contribution in [0.15, 0.2) is 0 Å². The van der Waals surface area contributed by atoms with Crippen molar-refractivity contribution in [2.75, 3.05) is 0 Å². The van der Waals surface area contributed by atoms with E-state index >= 15 is 0 Å². The van der Waals surface area contributed by atoms with E-state index in [4.69, 9.17) is 0 Å². The van der Waals surface area contributed by atoms with Crippen molar-refractivity contribution in [3.63, 3.8) is 0 Å². The highest BCUT2D eigenvalue weighted by Gasteiger charge is 2.55. The van der Waals surface area contributed by atoms with Gasteiger partial charge in [-0.2, -0.15) is 0 Å². The maximum atomic E-state index is 2.68. The molecule has 3 aliphatic carbocycles. The largest absolute Gasteiger partial charge is 0.0651 e. The molecule has 3 rings (SSSR count). The van der Waals surface area contributed by atoms with Gasteiger partial charge in [0.15, 0.2) is 0 Å². The first-order valence-electron chi connectivity index (χ1n) is 8.97. The number of rotatable bonds is 1. The summed E-state index contributed by atoms with van der Waals surface area (Å²) in [4.78, 5) is 0. The maximum Gasteiger partial charge on any atom is -0.0261 e. The van der Waals surface area contributed by atoms with E-state index in [2.05, 4.69) is 27.7 Å². The Kier molecular flexibility index (Phi) is 3.51. The summed E-state index contributed by atoms with van der Waals surface area (Å²) in [5, 5.41) is 0. The van der Waals surface area contributed by atoms with Crippen LogP contribution in [0.25, 0.3) is 0 Å². The van der Waals surface area contributed by atoms with Crippen molar-refractivity contribution in [1.29, 1.82) is 0 Å². The highest BCUT2D eigenvalue weighted by atomic mass is 14.6. The van der Waals surface area contributed by atoms with Gasteiger partial charge in [0.2, 0.25) is 0 Å². The van der Waals surface area contributed by atoms with Gasteiger partial charge in [-0.1, -0.05) is 47.0 Å². The third kappa shape index (κ3) is 2.18. The number of hydrogen-bond donors (Lipinski definition) is 0. The average molecular weight is 262 g/mol. The first kappa shape index (κ1) is 14.0. The molecule has 0 N–H and O–H groups in total. The molecular weight excluding hydrogens is 228 g/mol. The summed E-state index contributed by atoms with van der Waals surface area (Å²) in [5.41, 5.74) is 1.29. The van der Waals surface area contributed by atoms with E-state index in [-0.39, 0.29) is 0 Å². The van der Waals surface area contributed by atoms with Crippen LogP contribution >= 0.6 is 0 Å². The van der Waals surface area contributed by atoms with Crippen LogP contribution in [0.2, 0.25) is 0 Å². The zero-order valence-corrected chi connectivity index (χ0v) is 13.7. The Morgan fingerprint density at radius 3 is 2.47 bits per heavy atom. The molecule has 0 amide bonds. The lowest BCUT2D eigenvalue weighted by Gasteiger charge is -2.61. The van der Waals surface area contributed by atoms with E-state index in [1.807, 2.05) is 0 Å². The van der Waals surface area contributed by atoms with Gasteiger partial charge in [-0.05, 0) is 73.0 Å².